The molecular formula is C18H41NO4S. The van der Waals surface area contributed by atoms with E-state index in [9.17, 15) is 8.42 Å². The third-order valence-electron chi connectivity index (χ3n) is 4.28. The van der Waals surface area contributed by atoms with Crippen molar-refractivity contribution in [3.63, 3.8) is 0 Å². The summed E-state index contributed by atoms with van der Waals surface area (Å²) in [5.74, 6) is 0. The largest absolute Gasteiger partial charge is 0.399 e. The first-order valence-electron chi connectivity index (χ1n) is 9.37. The van der Waals surface area contributed by atoms with Crippen LogP contribution >= 0.6 is 0 Å². The van der Waals surface area contributed by atoms with Gasteiger partial charge in [-0.3, -0.25) is 0 Å². The molecular weight excluding hydrogens is 326 g/mol. The van der Waals surface area contributed by atoms with Crippen molar-refractivity contribution in [1.82, 2.24) is 6.15 Å². The topological polar surface area (TPSA) is 87.6 Å². The second-order valence-electron chi connectivity index (χ2n) is 7.19. The molecule has 0 atom stereocenters. The number of hydrogen-bond acceptors (Lipinski definition) is 5. The lowest BCUT2D eigenvalue weighted by atomic mass is 9.92. The Hall–Kier alpha value is -0.170. The van der Waals surface area contributed by atoms with Gasteiger partial charge >= 0.3 is 10.4 Å². The Morgan fingerprint density at radius 1 is 0.750 bits per heavy atom. The smallest absolute Gasteiger partial charge is 0.344 e. The lowest BCUT2D eigenvalue weighted by Crippen LogP contribution is -2.22. The SMILES string of the molecule is CCCCCCCCCCCCOS(=O)(=O)OCC(C)(C)CC.N. The number of rotatable bonds is 16. The van der Waals surface area contributed by atoms with Gasteiger partial charge in [-0.1, -0.05) is 85.5 Å². The van der Waals surface area contributed by atoms with Crippen LogP contribution in [0.5, 0.6) is 0 Å². The molecule has 0 saturated heterocycles. The van der Waals surface area contributed by atoms with Crippen LogP contribution in [0.4, 0.5) is 0 Å². The molecule has 0 fully saturated rings. The molecule has 0 unspecified atom stereocenters. The normalized spacial score (nSPS) is 12.2. The average molecular weight is 368 g/mol. The monoisotopic (exact) mass is 367 g/mol. The quantitative estimate of drug-likeness (QED) is 0.349. The Morgan fingerprint density at radius 3 is 1.67 bits per heavy atom. The summed E-state index contributed by atoms with van der Waals surface area (Å²) in [5.41, 5.74) is -0.145. The van der Waals surface area contributed by atoms with Crippen LogP contribution in [0.1, 0.15) is 98.3 Å². The van der Waals surface area contributed by atoms with E-state index in [1.807, 2.05) is 20.8 Å². The number of unbranched alkanes of at least 4 members (excludes halogenated alkanes) is 9. The molecule has 0 amide bonds. The van der Waals surface area contributed by atoms with Gasteiger partial charge in [0.1, 0.15) is 0 Å². The minimum atomic E-state index is -3.84. The Labute approximate surface area is 150 Å². The number of hydrogen-bond donors (Lipinski definition) is 1. The van der Waals surface area contributed by atoms with E-state index in [0.29, 0.717) is 0 Å². The molecule has 0 radical (unpaired) electrons. The summed E-state index contributed by atoms with van der Waals surface area (Å²) in [7, 11) is -3.84. The molecule has 0 aromatic rings. The molecule has 24 heavy (non-hydrogen) atoms. The lowest BCUT2D eigenvalue weighted by molar-refractivity contribution is 0.144. The van der Waals surface area contributed by atoms with Gasteiger partial charge in [-0.2, -0.15) is 8.42 Å². The van der Waals surface area contributed by atoms with Gasteiger partial charge < -0.3 is 6.15 Å². The fraction of sp³-hybridized carbons (Fsp3) is 1.00. The molecule has 3 N–H and O–H groups in total. The molecule has 0 spiro atoms. The maximum absolute atomic E-state index is 11.6. The lowest BCUT2D eigenvalue weighted by Gasteiger charge is -2.21. The van der Waals surface area contributed by atoms with Crippen molar-refractivity contribution in [3.05, 3.63) is 0 Å². The van der Waals surface area contributed by atoms with Crippen LogP contribution in [0.25, 0.3) is 0 Å². The first-order valence-corrected chi connectivity index (χ1v) is 10.7. The van der Waals surface area contributed by atoms with Gasteiger partial charge in [-0.25, -0.2) is 8.37 Å². The fourth-order valence-corrected chi connectivity index (χ4v) is 2.97. The second-order valence-corrected chi connectivity index (χ2v) is 8.48. The van der Waals surface area contributed by atoms with E-state index in [1.54, 1.807) is 0 Å². The molecule has 0 aliphatic carbocycles. The summed E-state index contributed by atoms with van der Waals surface area (Å²) < 4.78 is 33.0. The molecule has 0 heterocycles. The Bertz CT molecular complexity index is 369. The molecule has 0 aromatic carbocycles. The highest BCUT2D eigenvalue weighted by molar-refractivity contribution is 7.81. The summed E-state index contributed by atoms with van der Waals surface area (Å²) in [6.07, 6.45) is 13.0. The summed E-state index contributed by atoms with van der Waals surface area (Å²) in [5, 5.41) is 0. The Morgan fingerprint density at radius 2 is 1.21 bits per heavy atom. The molecule has 0 rings (SSSR count). The van der Waals surface area contributed by atoms with Gasteiger partial charge in [0.2, 0.25) is 0 Å². The average Bonchev–Trinajstić information content (AvgIpc) is 2.51. The van der Waals surface area contributed by atoms with E-state index in [-0.39, 0.29) is 24.8 Å². The van der Waals surface area contributed by atoms with Crippen LogP contribution in [-0.4, -0.2) is 21.6 Å². The minimum Gasteiger partial charge on any atom is -0.344 e. The van der Waals surface area contributed by atoms with Crippen LogP contribution in [0.3, 0.4) is 0 Å². The van der Waals surface area contributed by atoms with Crippen molar-refractivity contribution < 1.29 is 16.8 Å². The zero-order valence-corrected chi connectivity index (χ0v) is 17.3. The molecule has 0 saturated carbocycles. The van der Waals surface area contributed by atoms with Crippen LogP contribution in [0, 0.1) is 5.41 Å². The van der Waals surface area contributed by atoms with Crippen LogP contribution in [0.2, 0.25) is 0 Å². The Kier molecular flexibility index (Phi) is 16.4. The predicted molar refractivity (Wildman–Crippen MR) is 102 cm³/mol. The zero-order chi connectivity index (χ0) is 17.6. The second kappa shape index (κ2) is 15.1. The highest BCUT2D eigenvalue weighted by Crippen LogP contribution is 2.21. The van der Waals surface area contributed by atoms with Gasteiger partial charge in [0.15, 0.2) is 0 Å². The van der Waals surface area contributed by atoms with Crippen molar-refractivity contribution in [2.75, 3.05) is 13.2 Å². The molecule has 0 bridgehead atoms. The third kappa shape index (κ3) is 16.7. The molecule has 148 valence electrons. The van der Waals surface area contributed by atoms with Gasteiger partial charge in [-0.15, -0.1) is 0 Å². The van der Waals surface area contributed by atoms with E-state index < -0.39 is 10.4 Å². The summed E-state index contributed by atoms with van der Waals surface area (Å²) in [6.45, 7) is 8.60. The van der Waals surface area contributed by atoms with E-state index >= 15 is 0 Å². The van der Waals surface area contributed by atoms with Gasteiger partial charge in [0.05, 0.1) is 13.2 Å². The summed E-state index contributed by atoms with van der Waals surface area (Å²) in [4.78, 5) is 0. The van der Waals surface area contributed by atoms with Crippen molar-refractivity contribution in [1.29, 1.82) is 0 Å². The summed E-state index contributed by atoms with van der Waals surface area (Å²) in [6, 6.07) is 0. The summed E-state index contributed by atoms with van der Waals surface area (Å²) >= 11 is 0. The van der Waals surface area contributed by atoms with Crippen LogP contribution in [0.15, 0.2) is 0 Å². The molecule has 0 aliphatic rings. The van der Waals surface area contributed by atoms with Crippen LogP contribution in [-0.2, 0) is 18.8 Å². The maximum Gasteiger partial charge on any atom is 0.399 e. The van der Waals surface area contributed by atoms with E-state index in [2.05, 4.69) is 6.92 Å². The van der Waals surface area contributed by atoms with E-state index in [1.165, 1.54) is 44.9 Å². The van der Waals surface area contributed by atoms with Crippen molar-refractivity contribution in [2.24, 2.45) is 5.41 Å². The highest BCUT2D eigenvalue weighted by atomic mass is 32.3. The Balaban J connectivity index is 0. The minimum absolute atomic E-state index is 0. The van der Waals surface area contributed by atoms with Gasteiger partial charge in [0.25, 0.3) is 0 Å². The van der Waals surface area contributed by atoms with Crippen LogP contribution < -0.4 is 6.15 Å². The predicted octanol–water partition coefficient (Wildman–Crippen LogP) is 5.78. The fourth-order valence-electron chi connectivity index (χ4n) is 2.12. The van der Waals surface area contributed by atoms with E-state index in [0.717, 1.165) is 25.7 Å². The molecule has 6 heteroatoms. The zero-order valence-electron chi connectivity index (χ0n) is 16.4. The maximum atomic E-state index is 11.6. The molecule has 5 nitrogen and oxygen atoms in total. The van der Waals surface area contributed by atoms with E-state index in [4.69, 9.17) is 8.37 Å². The molecule has 0 aromatic heterocycles. The van der Waals surface area contributed by atoms with Crippen molar-refractivity contribution in [3.8, 4) is 0 Å². The first-order chi connectivity index (χ1) is 10.8. The molecule has 0 aliphatic heterocycles. The van der Waals surface area contributed by atoms with Gasteiger partial charge in [-0.05, 0) is 18.3 Å². The third-order valence-corrected chi connectivity index (χ3v) is 5.14. The van der Waals surface area contributed by atoms with Crippen molar-refractivity contribution in [2.45, 2.75) is 98.3 Å². The first kappa shape index (κ1) is 26.1. The highest BCUT2D eigenvalue weighted by Gasteiger charge is 2.21. The van der Waals surface area contributed by atoms with Gasteiger partial charge in [0, 0.05) is 0 Å². The standard InChI is InChI=1S/C18H38O4S.H3N/c1-5-7-8-9-10-11-12-13-14-15-16-21-23(19,20)22-17-18(3,4)6-2;/h5-17H2,1-4H3;1H3. The van der Waals surface area contributed by atoms with Crippen molar-refractivity contribution >= 4 is 10.4 Å².